The molecule has 1 saturated heterocycles. The fourth-order valence-electron chi connectivity index (χ4n) is 3.43. The lowest BCUT2D eigenvalue weighted by Gasteiger charge is -2.44. The van der Waals surface area contributed by atoms with Crippen molar-refractivity contribution < 1.29 is 4.79 Å². The number of fused-ring (bicyclic) bond motifs is 1. The maximum atomic E-state index is 12.8. The number of carbonyl (C=O) groups is 1. The zero-order valence-electron chi connectivity index (χ0n) is 11.1. The first-order valence-electron chi connectivity index (χ1n) is 7.09. The Morgan fingerprint density at radius 3 is 2.61 bits per heavy atom. The van der Waals surface area contributed by atoms with Crippen LogP contribution in [0.5, 0.6) is 0 Å². The second-order valence-electron chi connectivity index (χ2n) is 5.81. The van der Waals surface area contributed by atoms with Gasteiger partial charge in [0.1, 0.15) is 0 Å². The number of likely N-dealkylation sites (tertiary alicyclic amines) is 1. The molecule has 1 unspecified atom stereocenters. The molecular formula is C16H21NO. The molecule has 2 heteroatoms. The van der Waals surface area contributed by atoms with E-state index in [0.29, 0.717) is 5.78 Å². The van der Waals surface area contributed by atoms with Gasteiger partial charge in [0.15, 0.2) is 5.78 Å². The predicted molar refractivity (Wildman–Crippen MR) is 72.9 cm³/mol. The van der Waals surface area contributed by atoms with Crippen LogP contribution in [-0.4, -0.2) is 29.3 Å². The van der Waals surface area contributed by atoms with E-state index in [0.717, 1.165) is 31.5 Å². The highest BCUT2D eigenvalue weighted by molar-refractivity contribution is 6.05. The summed E-state index contributed by atoms with van der Waals surface area (Å²) in [7, 11) is 0. The van der Waals surface area contributed by atoms with Crippen LogP contribution in [0.25, 0.3) is 0 Å². The summed E-state index contributed by atoms with van der Waals surface area (Å²) in [5.74, 6) is 0.339. The highest BCUT2D eigenvalue weighted by Gasteiger charge is 2.42. The minimum absolute atomic E-state index is 0.255. The van der Waals surface area contributed by atoms with Gasteiger partial charge in [0.2, 0.25) is 0 Å². The molecule has 1 aromatic carbocycles. The lowest BCUT2D eigenvalue weighted by atomic mass is 9.76. The van der Waals surface area contributed by atoms with Crippen LogP contribution in [0, 0.1) is 0 Å². The molecule has 0 radical (unpaired) electrons. The van der Waals surface area contributed by atoms with Gasteiger partial charge in [-0.25, -0.2) is 0 Å². The second kappa shape index (κ2) is 4.51. The molecule has 18 heavy (non-hydrogen) atoms. The molecular weight excluding hydrogens is 222 g/mol. The first-order chi connectivity index (χ1) is 8.72. The van der Waals surface area contributed by atoms with Crippen LogP contribution in [0.1, 0.15) is 48.5 Å². The predicted octanol–water partition coefficient (Wildman–Crippen LogP) is 3.06. The number of hydrogen-bond acceptors (Lipinski definition) is 2. The van der Waals surface area contributed by atoms with Crippen molar-refractivity contribution in [1.29, 1.82) is 0 Å². The van der Waals surface area contributed by atoms with Crippen molar-refractivity contribution in [1.82, 2.24) is 4.90 Å². The Hall–Kier alpha value is -1.15. The summed E-state index contributed by atoms with van der Waals surface area (Å²) in [5.41, 5.74) is 1.93. The zero-order valence-corrected chi connectivity index (χ0v) is 11.1. The molecule has 1 aromatic rings. The standard InChI is InChI=1S/C16H21NO/c1-16(17-11-5-2-6-12-17)10-9-13-7-3-4-8-14(13)15(16)18/h3-4,7-8H,2,5-6,9-12H2,1H3. The summed E-state index contributed by atoms with van der Waals surface area (Å²) in [6.07, 6.45) is 5.81. The third-order valence-electron chi connectivity index (χ3n) is 4.69. The van der Waals surface area contributed by atoms with Crippen LogP contribution in [0.2, 0.25) is 0 Å². The van der Waals surface area contributed by atoms with Gasteiger partial charge in [0, 0.05) is 5.56 Å². The van der Waals surface area contributed by atoms with Gasteiger partial charge in [-0.05, 0) is 51.3 Å². The molecule has 1 heterocycles. The van der Waals surface area contributed by atoms with Crippen molar-refractivity contribution in [2.45, 2.75) is 44.6 Å². The van der Waals surface area contributed by atoms with Gasteiger partial charge in [-0.15, -0.1) is 0 Å². The number of rotatable bonds is 1. The molecule has 2 nitrogen and oxygen atoms in total. The number of Topliss-reactive ketones (excluding diaryl/α,β-unsaturated/α-hetero) is 1. The Labute approximate surface area is 109 Å². The zero-order chi connectivity index (χ0) is 12.6. The molecule has 0 bridgehead atoms. The van der Waals surface area contributed by atoms with Crippen LogP contribution in [0.15, 0.2) is 24.3 Å². The molecule has 96 valence electrons. The highest BCUT2D eigenvalue weighted by Crippen LogP contribution is 2.34. The molecule has 0 N–H and O–H groups in total. The number of aryl methyl sites for hydroxylation is 1. The fourth-order valence-corrected chi connectivity index (χ4v) is 3.43. The average Bonchev–Trinajstić information content (AvgIpc) is 2.44. The monoisotopic (exact) mass is 243 g/mol. The van der Waals surface area contributed by atoms with Gasteiger partial charge in [-0.3, -0.25) is 9.69 Å². The normalized spacial score (nSPS) is 29.1. The van der Waals surface area contributed by atoms with E-state index in [1.807, 2.05) is 18.2 Å². The van der Waals surface area contributed by atoms with E-state index < -0.39 is 0 Å². The summed E-state index contributed by atoms with van der Waals surface area (Å²) in [6.45, 7) is 4.32. The summed E-state index contributed by atoms with van der Waals surface area (Å²) in [4.78, 5) is 15.2. The first kappa shape index (κ1) is 11.9. The fraction of sp³-hybridized carbons (Fsp3) is 0.562. The number of piperidine rings is 1. The Kier molecular flexibility index (Phi) is 2.98. The van der Waals surface area contributed by atoms with Gasteiger partial charge in [-0.2, -0.15) is 0 Å². The molecule has 0 spiro atoms. The van der Waals surface area contributed by atoms with Crippen molar-refractivity contribution in [3.8, 4) is 0 Å². The van der Waals surface area contributed by atoms with E-state index in [4.69, 9.17) is 0 Å². The molecule has 1 aliphatic carbocycles. The number of hydrogen-bond donors (Lipinski definition) is 0. The summed E-state index contributed by atoms with van der Waals surface area (Å²) < 4.78 is 0. The minimum atomic E-state index is -0.255. The molecule has 2 aliphatic rings. The largest absolute Gasteiger partial charge is 0.292 e. The smallest absolute Gasteiger partial charge is 0.183 e. The van der Waals surface area contributed by atoms with Crippen molar-refractivity contribution >= 4 is 5.78 Å². The third-order valence-corrected chi connectivity index (χ3v) is 4.69. The van der Waals surface area contributed by atoms with Gasteiger partial charge >= 0.3 is 0 Å². The van der Waals surface area contributed by atoms with Crippen molar-refractivity contribution in [3.63, 3.8) is 0 Å². The number of nitrogens with zero attached hydrogens (tertiary/aromatic N) is 1. The van der Waals surface area contributed by atoms with E-state index in [9.17, 15) is 4.79 Å². The topological polar surface area (TPSA) is 20.3 Å². The van der Waals surface area contributed by atoms with Gasteiger partial charge in [0.25, 0.3) is 0 Å². The SMILES string of the molecule is CC1(N2CCCCC2)CCc2ccccc2C1=O. The number of carbonyl (C=O) groups excluding carboxylic acids is 1. The Balaban J connectivity index is 1.93. The molecule has 0 aromatic heterocycles. The van der Waals surface area contributed by atoms with Gasteiger partial charge < -0.3 is 0 Å². The van der Waals surface area contributed by atoms with E-state index >= 15 is 0 Å². The molecule has 0 amide bonds. The van der Waals surface area contributed by atoms with E-state index in [1.54, 1.807) is 0 Å². The van der Waals surface area contributed by atoms with E-state index in [-0.39, 0.29) is 5.54 Å². The minimum Gasteiger partial charge on any atom is -0.292 e. The second-order valence-corrected chi connectivity index (χ2v) is 5.81. The van der Waals surface area contributed by atoms with Gasteiger partial charge in [-0.1, -0.05) is 30.7 Å². The van der Waals surface area contributed by atoms with Crippen molar-refractivity contribution in [2.24, 2.45) is 0 Å². The van der Waals surface area contributed by atoms with Crippen molar-refractivity contribution in [3.05, 3.63) is 35.4 Å². The van der Waals surface area contributed by atoms with E-state index in [1.165, 1.54) is 24.8 Å². The van der Waals surface area contributed by atoms with Crippen molar-refractivity contribution in [2.75, 3.05) is 13.1 Å². The average molecular weight is 243 g/mol. The lowest BCUT2D eigenvalue weighted by Crippen LogP contribution is -2.56. The molecule has 1 fully saturated rings. The maximum Gasteiger partial charge on any atom is 0.183 e. The summed E-state index contributed by atoms with van der Waals surface area (Å²) in [5, 5.41) is 0. The number of benzene rings is 1. The maximum absolute atomic E-state index is 12.8. The number of ketones is 1. The molecule has 1 atom stereocenters. The highest BCUT2D eigenvalue weighted by atomic mass is 16.1. The Morgan fingerprint density at radius 2 is 1.83 bits per heavy atom. The van der Waals surface area contributed by atoms with Crippen LogP contribution in [0.4, 0.5) is 0 Å². The quantitative estimate of drug-likeness (QED) is 0.755. The van der Waals surface area contributed by atoms with Crippen LogP contribution >= 0.6 is 0 Å². The first-order valence-corrected chi connectivity index (χ1v) is 7.09. The molecule has 1 aliphatic heterocycles. The van der Waals surface area contributed by atoms with Crippen LogP contribution in [0.3, 0.4) is 0 Å². The van der Waals surface area contributed by atoms with Crippen LogP contribution < -0.4 is 0 Å². The lowest BCUT2D eigenvalue weighted by molar-refractivity contribution is 0.0465. The molecule has 0 saturated carbocycles. The van der Waals surface area contributed by atoms with Gasteiger partial charge in [0.05, 0.1) is 5.54 Å². The van der Waals surface area contributed by atoms with Crippen LogP contribution in [-0.2, 0) is 6.42 Å². The summed E-state index contributed by atoms with van der Waals surface area (Å²) >= 11 is 0. The Bertz CT molecular complexity index is 462. The Morgan fingerprint density at radius 1 is 1.11 bits per heavy atom. The summed E-state index contributed by atoms with van der Waals surface area (Å²) in [6, 6.07) is 8.12. The van der Waals surface area contributed by atoms with E-state index in [2.05, 4.69) is 17.9 Å². The third kappa shape index (κ3) is 1.79. The molecule has 3 rings (SSSR count).